The summed E-state index contributed by atoms with van der Waals surface area (Å²) < 4.78 is 16.4. The molecule has 1 amide bonds. The number of ether oxygens (including phenoxy) is 3. The molecular weight excluding hydrogens is 414 g/mol. The van der Waals surface area contributed by atoms with Gasteiger partial charge in [-0.05, 0) is 35.4 Å². The summed E-state index contributed by atoms with van der Waals surface area (Å²) in [5, 5.41) is 14.8. The summed E-state index contributed by atoms with van der Waals surface area (Å²) in [4.78, 5) is 22.3. The number of nitrogens with one attached hydrogen (secondary N) is 1. The first-order valence-corrected chi connectivity index (χ1v) is 9.59. The van der Waals surface area contributed by atoms with Gasteiger partial charge in [-0.3, -0.25) is 14.9 Å². The van der Waals surface area contributed by atoms with E-state index in [1.54, 1.807) is 24.3 Å². The topological polar surface area (TPSA) is 112 Å². The maximum Gasteiger partial charge on any atom is 0.310 e. The number of nitrogens with zero attached hydrogens (tertiary/aromatic N) is 2. The Hall–Kier alpha value is -4.40. The Balaban J connectivity index is 1.53. The van der Waals surface area contributed by atoms with Crippen LogP contribution >= 0.6 is 0 Å². The normalized spacial score (nSPS) is 10.5. The van der Waals surface area contributed by atoms with Crippen molar-refractivity contribution < 1.29 is 23.9 Å². The largest absolute Gasteiger partial charge is 0.493 e. The Labute approximate surface area is 184 Å². The highest BCUT2D eigenvalue weighted by molar-refractivity contribution is 5.83. The summed E-state index contributed by atoms with van der Waals surface area (Å²) in [6.07, 6.45) is 1.44. The zero-order valence-corrected chi connectivity index (χ0v) is 17.3. The fourth-order valence-electron chi connectivity index (χ4n) is 2.70. The molecule has 0 unspecified atom stereocenters. The van der Waals surface area contributed by atoms with Crippen LogP contribution in [0.25, 0.3) is 0 Å². The van der Waals surface area contributed by atoms with Crippen molar-refractivity contribution in [2.45, 2.75) is 6.61 Å². The number of hydrogen-bond acceptors (Lipinski definition) is 7. The molecule has 0 fully saturated rings. The molecule has 0 heterocycles. The van der Waals surface area contributed by atoms with Crippen LogP contribution in [0.5, 0.6) is 17.2 Å². The smallest absolute Gasteiger partial charge is 0.310 e. The average molecular weight is 435 g/mol. The minimum atomic E-state index is -0.577. The van der Waals surface area contributed by atoms with Crippen LogP contribution in [0, 0.1) is 10.1 Å². The lowest BCUT2D eigenvalue weighted by molar-refractivity contribution is -0.385. The SMILES string of the molecule is COc1cc(/C=N\NC(=O)COc2ccccc2[N+](=O)[O-])ccc1OCc1ccccc1. The van der Waals surface area contributed by atoms with Gasteiger partial charge >= 0.3 is 5.69 Å². The molecule has 32 heavy (non-hydrogen) atoms. The lowest BCUT2D eigenvalue weighted by Crippen LogP contribution is -2.24. The van der Waals surface area contributed by atoms with Gasteiger partial charge in [0, 0.05) is 6.07 Å². The summed E-state index contributed by atoms with van der Waals surface area (Å²) in [5.41, 5.74) is 3.80. The molecule has 0 aliphatic heterocycles. The number of hydrazone groups is 1. The number of nitro groups is 1. The standard InChI is InChI=1S/C23H21N3O6/c1-30-22-13-18(11-12-21(22)31-15-17-7-3-2-4-8-17)14-24-25-23(27)16-32-20-10-6-5-9-19(20)26(28)29/h2-14H,15-16H2,1H3,(H,25,27)/b24-14-. The van der Waals surface area contributed by atoms with Crippen molar-refractivity contribution in [2.75, 3.05) is 13.7 Å². The molecule has 3 rings (SSSR count). The molecule has 1 N–H and O–H groups in total. The molecule has 9 heteroatoms. The number of para-hydroxylation sites is 2. The second-order valence-corrected chi connectivity index (χ2v) is 6.49. The first kappa shape index (κ1) is 22.3. The lowest BCUT2D eigenvalue weighted by Gasteiger charge is -2.11. The van der Waals surface area contributed by atoms with Gasteiger partial charge in [0.15, 0.2) is 23.9 Å². The van der Waals surface area contributed by atoms with Gasteiger partial charge in [-0.15, -0.1) is 0 Å². The maximum absolute atomic E-state index is 11.9. The minimum Gasteiger partial charge on any atom is -0.493 e. The Morgan fingerprint density at radius 3 is 2.50 bits per heavy atom. The molecule has 0 aliphatic rings. The zero-order chi connectivity index (χ0) is 22.8. The monoisotopic (exact) mass is 435 g/mol. The Kier molecular flexibility index (Phi) is 7.74. The molecule has 0 spiro atoms. The number of carbonyl (C=O) groups is 1. The molecule has 0 saturated heterocycles. The number of methoxy groups -OCH3 is 1. The summed E-state index contributed by atoms with van der Waals surface area (Å²) in [7, 11) is 1.54. The first-order valence-electron chi connectivity index (χ1n) is 9.59. The molecule has 0 atom stereocenters. The van der Waals surface area contributed by atoms with Crippen LogP contribution in [0.15, 0.2) is 77.9 Å². The van der Waals surface area contributed by atoms with E-state index >= 15 is 0 Å². The van der Waals surface area contributed by atoms with Crippen molar-refractivity contribution >= 4 is 17.8 Å². The molecule has 0 radical (unpaired) electrons. The molecule has 0 bridgehead atoms. The fraction of sp³-hybridized carbons (Fsp3) is 0.130. The quantitative estimate of drug-likeness (QED) is 0.295. The third-order valence-corrected chi connectivity index (χ3v) is 4.25. The second kappa shape index (κ2) is 11.1. The summed E-state index contributed by atoms with van der Waals surface area (Å²) >= 11 is 0. The molecule has 0 saturated carbocycles. The van der Waals surface area contributed by atoms with Gasteiger partial charge in [0.2, 0.25) is 0 Å². The van der Waals surface area contributed by atoms with Crippen molar-refractivity contribution in [3.63, 3.8) is 0 Å². The second-order valence-electron chi connectivity index (χ2n) is 6.49. The number of benzene rings is 3. The molecule has 3 aromatic rings. The maximum atomic E-state index is 11.9. The van der Waals surface area contributed by atoms with E-state index in [-0.39, 0.29) is 11.4 Å². The third-order valence-electron chi connectivity index (χ3n) is 4.25. The number of amides is 1. The van der Waals surface area contributed by atoms with Gasteiger partial charge in [-0.25, -0.2) is 5.43 Å². The van der Waals surface area contributed by atoms with Gasteiger partial charge in [0.05, 0.1) is 18.2 Å². The van der Waals surface area contributed by atoms with Gasteiger partial charge in [0.1, 0.15) is 6.61 Å². The van der Waals surface area contributed by atoms with Gasteiger partial charge in [-0.2, -0.15) is 5.10 Å². The highest BCUT2D eigenvalue weighted by atomic mass is 16.6. The summed E-state index contributed by atoms with van der Waals surface area (Å²) in [6.45, 7) is -0.0158. The third kappa shape index (κ3) is 6.30. The van der Waals surface area contributed by atoms with E-state index < -0.39 is 17.4 Å². The summed E-state index contributed by atoms with van der Waals surface area (Å²) in [5.74, 6) is 0.549. The minimum absolute atomic E-state index is 0.00691. The van der Waals surface area contributed by atoms with Crippen LogP contribution < -0.4 is 19.6 Å². The number of rotatable bonds is 10. The van der Waals surface area contributed by atoms with E-state index in [4.69, 9.17) is 14.2 Å². The first-order chi connectivity index (χ1) is 15.6. The zero-order valence-electron chi connectivity index (χ0n) is 17.3. The van der Waals surface area contributed by atoms with E-state index in [2.05, 4.69) is 10.5 Å². The van der Waals surface area contributed by atoms with E-state index in [0.717, 1.165) is 5.56 Å². The van der Waals surface area contributed by atoms with Crippen molar-refractivity contribution in [1.82, 2.24) is 5.43 Å². The van der Waals surface area contributed by atoms with Crippen molar-refractivity contribution in [2.24, 2.45) is 5.10 Å². The molecule has 9 nitrogen and oxygen atoms in total. The van der Waals surface area contributed by atoms with Crippen LogP contribution in [0.2, 0.25) is 0 Å². The highest BCUT2D eigenvalue weighted by Crippen LogP contribution is 2.28. The molecule has 3 aromatic carbocycles. The summed E-state index contributed by atoms with van der Waals surface area (Å²) in [6, 6.07) is 20.8. The number of nitro benzene ring substituents is 1. The van der Waals surface area contributed by atoms with E-state index in [1.807, 2.05) is 30.3 Å². The molecule has 164 valence electrons. The number of hydrogen-bond donors (Lipinski definition) is 1. The number of carbonyl (C=O) groups excluding carboxylic acids is 1. The van der Waals surface area contributed by atoms with Crippen LogP contribution in [-0.4, -0.2) is 30.8 Å². The van der Waals surface area contributed by atoms with Crippen LogP contribution in [0.4, 0.5) is 5.69 Å². The van der Waals surface area contributed by atoms with Gasteiger partial charge in [-0.1, -0.05) is 42.5 Å². The van der Waals surface area contributed by atoms with Crippen LogP contribution in [0.1, 0.15) is 11.1 Å². The van der Waals surface area contributed by atoms with Crippen molar-refractivity contribution in [1.29, 1.82) is 0 Å². The predicted molar refractivity (Wildman–Crippen MR) is 118 cm³/mol. The fourth-order valence-corrected chi connectivity index (χ4v) is 2.70. The molecular formula is C23H21N3O6. The van der Waals surface area contributed by atoms with E-state index in [1.165, 1.54) is 31.5 Å². The Morgan fingerprint density at radius 1 is 1.00 bits per heavy atom. The highest BCUT2D eigenvalue weighted by Gasteiger charge is 2.14. The van der Waals surface area contributed by atoms with Gasteiger partial charge in [0.25, 0.3) is 5.91 Å². The van der Waals surface area contributed by atoms with Crippen molar-refractivity contribution in [3.8, 4) is 17.2 Å². The average Bonchev–Trinajstić information content (AvgIpc) is 2.82. The Bertz CT molecular complexity index is 1100. The van der Waals surface area contributed by atoms with Crippen LogP contribution in [0.3, 0.4) is 0 Å². The molecule has 0 aromatic heterocycles. The lowest BCUT2D eigenvalue weighted by atomic mass is 10.2. The van der Waals surface area contributed by atoms with E-state index in [9.17, 15) is 14.9 Å². The molecule has 0 aliphatic carbocycles. The Morgan fingerprint density at radius 2 is 1.75 bits per heavy atom. The van der Waals surface area contributed by atoms with Crippen LogP contribution in [-0.2, 0) is 11.4 Å². The predicted octanol–water partition coefficient (Wildman–Crippen LogP) is 3.71. The van der Waals surface area contributed by atoms with Crippen molar-refractivity contribution in [3.05, 3.63) is 94.0 Å². The van der Waals surface area contributed by atoms with Gasteiger partial charge < -0.3 is 14.2 Å². The van der Waals surface area contributed by atoms with E-state index in [0.29, 0.717) is 23.7 Å².